The van der Waals surface area contributed by atoms with Crippen LogP contribution >= 0.6 is 0 Å². The Morgan fingerprint density at radius 2 is 2.15 bits per heavy atom. The Hall–Kier alpha value is -2.38. The van der Waals surface area contributed by atoms with E-state index in [1.807, 2.05) is 6.92 Å². The van der Waals surface area contributed by atoms with E-state index in [0.717, 1.165) is 6.07 Å². The van der Waals surface area contributed by atoms with Gasteiger partial charge in [-0.05, 0) is 12.8 Å². The van der Waals surface area contributed by atoms with Crippen LogP contribution in [0.4, 0.5) is 5.69 Å². The van der Waals surface area contributed by atoms with Gasteiger partial charge >= 0.3 is 5.97 Å². The third kappa shape index (κ3) is 3.56. The second-order valence-corrected chi connectivity index (χ2v) is 4.31. The van der Waals surface area contributed by atoms with Crippen LogP contribution in [0.2, 0.25) is 0 Å². The van der Waals surface area contributed by atoms with E-state index < -0.39 is 22.8 Å². The Morgan fingerprint density at radius 1 is 1.50 bits per heavy atom. The van der Waals surface area contributed by atoms with Crippen molar-refractivity contribution >= 4 is 17.6 Å². The van der Waals surface area contributed by atoms with Gasteiger partial charge in [0.15, 0.2) is 0 Å². The highest BCUT2D eigenvalue weighted by atomic mass is 16.6. The Labute approximate surface area is 115 Å². The molecular weight excluding hydrogens is 266 g/mol. The van der Waals surface area contributed by atoms with Crippen molar-refractivity contribution < 1.29 is 19.6 Å². The second-order valence-electron chi connectivity index (χ2n) is 4.31. The molecule has 110 valence electrons. The van der Waals surface area contributed by atoms with Gasteiger partial charge in [-0.3, -0.25) is 14.9 Å². The number of nitro groups is 1. The van der Waals surface area contributed by atoms with E-state index in [9.17, 15) is 19.7 Å². The summed E-state index contributed by atoms with van der Waals surface area (Å²) < 4.78 is 1.46. The molecule has 1 heterocycles. The van der Waals surface area contributed by atoms with Crippen molar-refractivity contribution in [1.29, 1.82) is 0 Å². The minimum Gasteiger partial charge on any atom is -0.480 e. The standard InChI is InChI=1S/C12H17N3O5/c1-3-5-14-7-8(15(19)20)6-10(14)11(16)13-9(4-2)12(17)18/h6-7,9H,3-5H2,1-2H3,(H,13,16)(H,17,18)/t9-/m0/s1. The first-order valence-electron chi connectivity index (χ1n) is 6.28. The number of carboxylic acid groups (broad SMARTS) is 1. The molecule has 1 aromatic rings. The minimum absolute atomic E-state index is 0.0956. The molecule has 0 unspecified atom stereocenters. The SMILES string of the molecule is CCCn1cc([N+](=O)[O-])cc1C(=O)N[C@@H](CC)C(=O)O. The zero-order chi connectivity index (χ0) is 15.3. The molecular formula is C12H17N3O5. The summed E-state index contributed by atoms with van der Waals surface area (Å²) in [6, 6.07) is 0.145. The summed E-state index contributed by atoms with van der Waals surface area (Å²) in [6.07, 6.45) is 2.21. The maximum atomic E-state index is 12.0. The van der Waals surface area contributed by atoms with E-state index in [1.54, 1.807) is 6.92 Å². The lowest BCUT2D eigenvalue weighted by atomic mass is 10.2. The maximum Gasteiger partial charge on any atom is 0.326 e. The molecule has 0 fully saturated rings. The molecule has 0 aliphatic carbocycles. The van der Waals surface area contributed by atoms with Crippen molar-refractivity contribution in [3.63, 3.8) is 0 Å². The van der Waals surface area contributed by atoms with Gasteiger partial charge in [0.2, 0.25) is 0 Å². The second kappa shape index (κ2) is 6.69. The van der Waals surface area contributed by atoms with Crippen molar-refractivity contribution in [3.05, 3.63) is 28.1 Å². The Balaban J connectivity index is 3.01. The highest BCUT2D eigenvalue weighted by Crippen LogP contribution is 2.17. The van der Waals surface area contributed by atoms with Gasteiger partial charge in [-0.1, -0.05) is 13.8 Å². The topological polar surface area (TPSA) is 114 Å². The summed E-state index contributed by atoms with van der Waals surface area (Å²) in [5.41, 5.74) is -0.0924. The molecule has 8 heteroatoms. The van der Waals surface area contributed by atoms with Crippen LogP contribution in [0, 0.1) is 10.1 Å². The van der Waals surface area contributed by atoms with Crippen LogP contribution in [0.15, 0.2) is 12.3 Å². The molecule has 0 spiro atoms. The van der Waals surface area contributed by atoms with Crippen LogP contribution in [0.1, 0.15) is 37.2 Å². The first-order valence-corrected chi connectivity index (χ1v) is 6.28. The molecule has 2 N–H and O–H groups in total. The summed E-state index contributed by atoms with van der Waals surface area (Å²) >= 11 is 0. The molecule has 1 amide bonds. The Kier molecular flexibility index (Phi) is 5.24. The summed E-state index contributed by atoms with van der Waals surface area (Å²) in [4.78, 5) is 33.1. The third-order valence-electron chi connectivity index (χ3n) is 2.80. The number of carbonyl (C=O) groups is 2. The molecule has 0 saturated carbocycles. The molecule has 0 aromatic carbocycles. The Morgan fingerprint density at radius 3 is 2.60 bits per heavy atom. The van der Waals surface area contributed by atoms with E-state index in [0.29, 0.717) is 13.0 Å². The molecule has 1 atom stereocenters. The number of hydrogen-bond donors (Lipinski definition) is 2. The highest BCUT2D eigenvalue weighted by Gasteiger charge is 2.23. The molecule has 1 aromatic heterocycles. The fraction of sp³-hybridized carbons (Fsp3) is 0.500. The zero-order valence-electron chi connectivity index (χ0n) is 11.3. The lowest BCUT2D eigenvalue weighted by Crippen LogP contribution is -2.40. The van der Waals surface area contributed by atoms with Crippen LogP contribution in [0.25, 0.3) is 0 Å². The van der Waals surface area contributed by atoms with E-state index in [2.05, 4.69) is 5.32 Å². The smallest absolute Gasteiger partial charge is 0.326 e. The third-order valence-corrected chi connectivity index (χ3v) is 2.80. The minimum atomic E-state index is -1.14. The number of amides is 1. The van der Waals surface area contributed by atoms with E-state index in [1.165, 1.54) is 10.8 Å². The number of nitrogens with zero attached hydrogens (tertiary/aromatic N) is 2. The number of rotatable bonds is 7. The first-order chi connectivity index (χ1) is 9.40. The predicted molar refractivity (Wildman–Crippen MR) is 70.6 cm³/mol. The van der Waals surface area contributed by atoms with Crippen molar-refractivity contribution in [1.82, 2.24) is 9.88 Å². The summed E-state index contributed by atoms with van der Waals surface area (Å²) in [5.74, 6) is -1.76. The van der Waals surface area contributed by atoms with Crippen LogP contribution in [0.3, 0.4) is 0 Å². The van der Waals surface area contributed by atoms with Crippen molar-refractivity contribution in [3.8, 4) is 0 Å². The number of aryl methyl sites for hydroxylation is 1. The summed E-state index contributed by atoms with van der Waals surface area (Å²) in [6.45, 7) is 3.95. The van der Waals surface area contributed by atoms with Crippen LogP contribution in [0.5, 0.6) is 0 Å². The number of carboxylic acids is 1. The molecule has 0 aliphatic rings. The van der Waals surface area contributed by atoms with E-state index >= 15 is 0 Å². The summed E-state index contributed by atoms with van der Waals surface area (Å²) in [7, 11) is 0. The van der Waals surface area contributed by atoms with Crippen LogP contribution in [-0.2, 0) is 11.3 Å². The average molecular weight is 283 g/mol. The zero-order valence-corrected chi connectivity index (χ0v) is 11.3. The van der Waals surface area contributed by atoms with Crippen molar-refractivity contribution in [2.75, 3.05) is 0 Å². The molecule has 0 bridgehead atoms. The van der Waals surface area contributed by atoms with Gasteiger partial charge in [-0.25, -0.2) is 4.79 Å². The molecule has 8 nitrogen and oxygen atoms in total. The molecule has 0 saturated heterocycles. The monoisotopic (exact) mass is 283 g/mol. The average Bonchev–Trinajstić information content (AvgIpc) is 2.80. The number of carbonyl (C=O) groups excluding carboxylic acids is 1. The van der Waals surface area contributed by atoms with Gasteiger partial charge in [0.1, 0.15) is 11.7 Å². The van der Waals surface area contributed by atoms with Gasteiger partial charge in [-0.2, -0.15) is 0 Å². The quantitative estimate of drug-likeness (QED) is 0.579. The van der Waals surface area contributed by atoms with Crippen molar-refractivity contribution in [2.45, 2.75) is 39.3 Å². The van der Waals surface area contributed by atoms with Crippen LogP contribution in [-0.4, -0.2) is 32.5 Å². The van der Waals surface area contributed by atoms with Crippen LogP contribution < -0.4 is 5.32 Å². The molecule has 0 aliphatic heterocycles. The van der Waals surface area contributed by atoms with Gasteiger partial charge in [-0.15, -0.1) is 0 Å². The lowest BCUT2D eigenvalue weighted by molar-refractivity contribution is -0.384. The first kappa shape index (κ1) is 15.7. The fourth-order valence-corrected chi connectivity index (χ4v) is 1.78. The van der Waals surface area contributed by atoms with Gasteiger partial charge in [0.25, 0.3) is 11.6 Å². The highest BCUT2D eigenvalue weighted by molar-refractivity contribution is 5.96. The normalized spacial score (nSPS) is 11.9. The number of nitrogens with one attached hydrogen (secondary N) is 1. The van der Waals surface area contributed by atoms with Gasteiger partial charge < -0.3 is 15.0 Å². The van der Waals surface area contributed by atoms with Crippen molar-refractivity contribution in [2.24, 2.45) is 0 Å². The fourth-order valence-electron chi connectivity index (χ4n) is 1.78. The maximum absolute atomic E-state index is 12.0. The number of aliphatic carboxylic acids is 1. The Bertz CT molecular complexity index is 523. The van der Waals surface area contributed by atoms with E-state index in [4.69, 9.17) is 5.11 Å². The predicted octanol–water partition coefficient (Wildman–Crippen LogP) is 1.40. The number of aromatic nitrogens is 1. The summed E-state index contributed by atoms with van der Waals surface area (Å²) in [5, 5.41) is 22.0. The lowest BCUT2D eigenvalue weighted by Gasteiger charge is -2.13. The largest absolute Gasteiger partial charge is 0.480 e. The van der Waals surface area contributed by atoms with Gasteiger partial charge in [0.05, 0.1) is 11.1 Å². The van der Waals surface area contributed by atoms with E-state index in [-0.39, 0.29) is 17.8 Å². The molecule has 20 heavy (non-hydrogen) atoms. The molecule has 0 radical (unpaired) electrons. The number of hydrogen-bond acceptors (Lipinski definition) is 4. The van der Waals surface area contributed by atoms with Gasteiger partial charge in [0, 0.05) is 12.6 Å². The molecule has 1 rings (SSSR count).